The maximum atomic E-state index is 12.1. The first kappa shape index (κ1) is 10.3. The van der Waals surface area contributed by atoms with Gasteiger partial charge in [0.05, 0.1) is 0 Å². The number of aryl methyl sites for hydroxylation is 1. The van der Waals surface area contributed by atoms with E-state index < -0.39 is 11.9 Å². The highest BCUT2D eigenvalue weighted by Crippen LogP contribution is 2.27. The van der Waals surface area contributed by atoms with Crippen LogP contribution in [0, 0.1) is 0 Å². The third-order valence-corrected chi connectivity index (χ3v) is 1.64. The normalized spacial score (nSPS) is 11.7. The molecule has 0 N–H and O–H groups in total. The number of alkyl halides is 4. The van der Waals surface area contributed by atoms with E-state index in [4.69, 9.17) is 11.6 Å². The topological polar surface area (TPSA) is 12.9 Å². The van der Waals surface area contributed by atoms with E-state index in [0.29, 0.717) is 12.1 Å². The molecule has 0 aromatic carbocycles. The summed E-state index contributed by atoms with van der Waals surface area (Å²) in [5, 5.41) is 0. The van der Waals surface area contributed by atoms with Crippen molar-refractivity contribution in [3.63, 3.8) is 0 Å². The van der Waals surface area contributed by atoms with Gasteiger partial charge in [-0.1, -0.05) is 6.07 Å². The van der Waals surface area contributed by atoms with Crippen molar-refractivity contribution in [3.05, 3.63) is 29.6 Å². The number of rotatable bonds is 2. The third-order valence-electron chi connectivity index (χ3n) is 1.45. The fourth-order valence-electron chi connectivity index (χ4n) is 0.874. The minimum absolute atomic E-state index is 0.272. The van der Waals surface area contributed by atoms with Gasteiger partial charge in [-0.3, -0.25) is 0 Å². The molecule has 0 aliphatic carbocycles. The Morgan fingerprint density at radius 3 is 2.54 bits per heavy atom. The van der Waals surface area contributed by atoms with Crippen LogP contribution in [0.1, 0.15) is 11.4 Å². The van der Waals surface area contributed by atoms with Crippen LogP contribution in [0.2, 0.25) is 0 Å². The van der Waals surface area contributed by atoms with Crippen molar-refractivity contribution in [1.82, 2.24) is 4.98 Å². The van der Waals surface area contributed by atoms with E-state index in [1.807, 2.05) is 0 Å². The van der Waals surface area contributed by atoms with Crippen LogP contribution in [0.3, 0.4) is 0 Å². The molecule has 0 bridgehead atoms. The Kier molecular flexibility index (Phi) is 3.14. The highest BCUT2D eigenvalue weighted by atomic mass is 35.5. The molecule has 0 saturated heterocycles. The minimum atomic E-state index is -4.37. The maximum absolute atomic E-state index is 12.1. The lowest BCUT2D eigenvalue weighted by molar-refractivity contribution is -0.141. The molecule has 0 amide bonds. The standard InChI is InChI=1S/C8H7ClF3N/c9-5-4-6-2-1-3-7(13-6)8(10,11)12/h1-3H,4-5H2. The van der Waals surface area contributed by atoms with Crippen molar-refractivity contribution in [1.29, 1.82) is 0 Å². The summed E-state index contributed by atoms with van der Waals surface area (Å²) in [5.74, 6) is 0.272. The summed E-state index contributed by atoms with van der Waals surface area (Å²) in [5.41, 5.74) is -0.500. The smallest absolute Gasteiger partial charge is 0.248 e. The Morgan fingerprint density at radius 2 is 2.00 bits per heavy atom. The van der Waals surface area contributed by atoms with Crippen molar-refractivity contribution in [3.8, 4) is 0 Å². The molecule has 0 radical (unpaired) electrons. The molecule has 0 atom stereocenters. The number of aromatic nitrogens is 1. The zero-order chi connectivity index (χ0) is 9.90. The molecule has 0 saturated carbocycles. The molecule has 1 rings (SSSR count). The predicted octanol–water partition coefficient (Wildman–Crippen LogP) is 2.88. The molecule has 0 aliphatic rings. The van der Waals surface area contributed by atoms with Crippen molar-refractivity contribution >= 4 is 11.6 Å². The van der Waals surface area contributed by atoms with Gasteiger partial charge < -0.3 is 0 Å². The lowest BCUT2D eigenvalue weighted by Crippen LogP contribution is -2.09. The fraction of sp³-hybridized carbons (Fsp3) is 0.375. The van der Waals surface area contributed by atoms with Gasteiger partial charge in [0.2, 0.25) is 0 Å². The van der Waals surface area contributed by atoms with Crippen LogP contribution in [0.4, 0.5) is 13.2 Å². The third kappa shape index (κ3) is 2.88. The first-order chi connectivity index (χ1) is 6.04. The average Bonchev–Trinajstić information content (AvgIpc) is 2.04. The molecule has 5 heteroatoms. The van der Waals surface area contributed by atoms with Crippen LogP contribution in [0.5, 0.6) is 0 Å². The zero-order valence-corrected chi connectivity index (χ0v) is 7.36. The quantitative estimate of drug-likeness (QED) is 0.683. The molecule has 0 aliphatic heterocycles. The Bertz CT molecular complexity index is 285. The lowest BCUT2D eigenvalue weighted by Gasteiger charge is -2.06. The van der Waals surface area contributed by atoms with Gasteiger partial charge in [0.15, 0.2) is 0 Å². The molecular weight excluding hydrogens is 203 g/mol. The molecule has 1 aromatic heterocycles. The molecule has 72 valence electrons. The fourth-order valence-corrected chi connectivity index (χ4v) is 1.07. The molecule has 0 unspecified atom stereocenters. The van der Waals surface area contributed by atoms with Gasteiger partial charge >= 0.3 is 6.18 Å². The van der Waals surface area contributed by atoms with Gasteiger partial charge in [-0.25, -0.2) is 4.98 Å². The van der Waals surface area contributed by atoms with Crippen molar-refractivity contribution in [2.45, 2.75) is 12.6 Å². The van der Waals surface area contributed by atoms with Crippen LogP contribution in [0.15, 0.2) is 18.2 Å². The first-order valence-electron chi connectivity index (χ1n) is 3.63. The summed E-state index contributed by atoms with van der Waals surface area (Å²) in [6, 6.07) is 3.80. The molecule has 0 spiro atoms. The molecule has 13 heavy (non-hydrogen) atoms. The molecule has 1 heterocycles. The molecule has 1 aromatic rings. The zero-order valence-electron chi connectivity index (χ0n) is 6.61. The number of nitrogens with zero attached hydrogens (tertiary/aromatic N) is 1. The highest BCUT2D eigenvalue weighted by Gasteiger charge is 2.32. The predicted molar refractivity (Wildman–Crippen MR) is 43.7 cm³/mol. The second kappa shape index (κ2) is 3.96. The SMILES string of the molecule is FC(F)(F)c1cccc(CCCl)n1. The molecular formula is C8H7ClF3N. The summed E-state index contributed by atoms with van der Waals surface area (Å²) in [6.07, 6.45) is -4.02. The largest absolute Gasteiger partial charge is 0.433 e. The van der Waals surface area contributed by atoms with E-state index >= 15 is 0 Å². The van der Waals surface area contributed by atoms with Gasteiger partial charge in [0.25, 0.3) is 0 Å². The summed E-state index contributed by atoms with van der Waals surface area (Å²) in [6.45, 7) is 0. The van der Waals surface area contributed by atoms with Gasteiger partial charge in [0, 0.05) is 18.0 Å². The second-order valence-corrected chi connectivity index (χ2v) is 2.83. The molecule has 1 nitrogen and oxygen atoms in total. The second-order valence-electron chi connectivity index (χ2n) is 2.45. The average molecular weight is 210 g/mol. The maximum Gasteiger partial charge on any atom is 0.433 e. The van der Waals surface area contributed by atoms with E-state index in [2.05, 4.69) is 4.98 Å². The Labute approximate surface area is 78.5 Å². The Morgan fingerprint density at radius 1 is 1.31 bits per heavy atom. The summed E-state index contributed by atoms with van der Waals surface area (Å²) in [7, 11) is 0. The van der Waals surface area contributed by atoms with Crippen LogP contribution < -0.4 is 0 Å². The first-order valence-corrected chi connectivity index (χ1v) is 4.16. The van der Waals surface area contributed by atoms with Crippen molar-refractivity contribution in [2.24, 2.45) is 0 Å². The van der Waals surface area contributed by atoms with Crippen molar-refractivity contribution < 1.29 is 13.2 Å². The summed E-state index contributed by atoms with van der Waals surface area (Å²) < 4.78 is 36.3. The number of hydrogen-bond donors (Lipinski definition) is 0. The van der Waals surface area contributed by atoms with Crippen LogP contribution in [-0.4, -0.2) is 10.9 Å². The monoisotopic (exact) mass is 209 g/mol. The van der Waals surface area contributed by atoms with Gasteiger partial charge in [-0.2, -0.15) is 13.2 Å². The van der Waals surface area contributed by atoms with E-state index in [9.17, 15) is 13.2 Å². The lowest BCUT2D eigenvalue weighted by atomic mass is 10.2. The van der Waals surface area contributed by atoms with E-state index in [0.717, 1.165) is 6.07 Å². The Hall–Kier alpha value is -0.770. The summed E-state index contributed by atoms with van der Waals surface area (Å²) >= 11 is 5.38. The summed E-state index contributed by atoms with van der Waals surface area (Å²) in [4.78, 5) is 3.42. The van der Waals surface area contributed by atoms with Crippen LogP contribution in [-0.2, 0) is 12.6 Å². The number of pyridine rings is 1. The van der Waals surface area contributed by atoms with Gasteiger partial charge in [0.1, 0.15) is 5.69 Å². The van der Waals surface area contributed by atoms with Gasteiger partial charge in [-0.05, 0) is 12.1 Å². The van der Waals surface area contributed by atoms with Gasteiger partial charge in [-0.15, -0.1) is 11.6 Å². The number of hydrogen-bond acceptors (Lipinski definition) is 1. The number of halogens is 4. The van der Waals surface area contributed by atoms with Crippen molar-refractivity contribution in [2.75, 3.05) is 5.88 Å². The van der Waals surface area contributed by atoms with E-state index in [-0.39, 0.29) is 5.88 Å². The van der Waals surface area contributed by atoms with E-state index in [1.54, 1.807) is 0 Å². The molecule has 0 fully saturated rings. The van der Waals surface area contributed by atoms with Crippen LogP contribution >= 0.6 is 11.6 Å². The highest BCUT2D eigenvalue weighted by molar-refractivity contribution is 6.17. The minimum Gasteiger partial charge on any atom is -0.248 e. The van der Waals surface area contributed by atoms with E-state index in [1.165, 1.54) is 12.1 Å². The van der Waals surface area contributed by atoms with Crippen LogP contribution in [0.25, 0.3) is 0 Å². The Balaban J connectivity index is 2.92.